The molecule has 3 rings (SSSR count). The van der Waals surface area contributed by atoms with E-state index in [-0.39, 0.29) is 5.91 Å². The molecule has 1 amide bonds. The molecular formula is C20H22ClNO3. The third-order valence-corrected chi connectivity index (χ3v) is 4.52. The summed E-state index contributed by atoms with van der Waals surface area (Å²) in [5, 5.41) is 0.619. The summed E-state index contributed by atoms with van der Waals surface area (Å²) in [6, 6.07) is 12.7. The van der Waals surface area contributed by atoms with Crippen molar-refractivity contribution in [3.63, 3.8) is 0 Å². The topological polar surface area (TPSA) is 38.8 Å². The van der Waals surface area contributed by atoms with Crippen LogP contribution in [0.5, 0.6) is 11.5 Å². The lowest BCUT2D eigenvalue weighted by atomic mass is 10.1. The second-order valence-corrected chi connectivity index (χ2v) is 6.83. The van der Waals surface area contributed by atoms with Crippen molar-refractivity contribution in [2.45, 2.75) is 19.4 Å². The first-order valence-corrected chi connectivity index (χ1v) is 8.75. The predicted molar refractivity (Wildman–Crippen MR) is 98.5 cm³/mol. The van der Waals surface area contributed by atoms with Gasteiger partial charge in [-0.3, -0.25) is 4.79 Å². The summed E-state index contributed by atoms with van der Waals surface area (Å²) < 4.78 is 11.0. The first-order chi connectivity index (χ1) is 12.1. The number of nitrogens with zero attached hydrogens (tertiary/aromatic N) is 1. The third kappa shape index (κ3) is 4.67. The van der Waals surface area contributed by atoms with E-state index in [0.717, 1.165) is 17.9 Å². The van der Waals surface area contributed by atoms with Gasteiger partial charge in [-0.25, -0.2) is 0 Å². The molecule has 1 aliphatic carbocycles. The molecule has 25 heavy (non-hydrogen) atoms. The van der Waals surface area contributed by atoms with Crippen LogP contribution in [0.1, 0.15) is 28.8 Å². The van der Waals surface area contributed by atoms with Crippen LogP contribution in [0.4, 0.5) is 0 Å². The number of ether oxygens (including phenoxy) is 2. The van der Waals surface area contributed by atoms with E-state index in [9.17, 15) is 4.79 Å². The van der Waals surface area contributed by atoms with Gasteiger partial charge in [0.1, 0.15) is 11.5 Å². The van der Waals surface area contributed by atoms with Gasteiger partial charge in [0.05, 0.1) is 13.7 Å². The van der Waals surface area contributed by atoms with Crippen LogP contribution in [0.15, 0.2) is 42.5 Å². The minimum absolute atomic E-state index is 0.0595. The monoisotopic (exact) mass is 359 g/mol. The molecule has 0 saturated heterocycles. The van der Waals surface area contributed by atoms with E-state index in [1.54, 1.807) is 37.3 Å². The van der Waals surface area contributed by atoms with Crippen LogP contribution in [-0.2, 0) is 6.54 Å². The molecule has 2 aromatic carbocycles. The highest BCUT2D eigenvalue weighted by molar-refractivity contribution is 6.30. The Morgan fingerprint density at radius 3 is 2.56 bits per heavy atom. The number of methoxy groups -OCH3 is 1. The van der Waals surface area contributed by atoms with Crippen LogP contribution in [-0.4, -0.2) is 31.6 Å². The Kier molecular flexibility index (Phi) is 5.49. The van der Waals surface area contributed by atoms with Crippen molar-refractivity contribution in [2.75, 3.05) is 20.8 Å². The molecular weight excluding hydrogens is 338 g/mol. The van der Waals surface area contributed by atoms with Gasteiger partial charge in [0.25, 0.3) is 5.91 Å². The minimum Gasteiger partial charge on any atom is -0.496 e. The van der Waals surface area contributed by atoms with Gasteiger partial charge in [0, 0.05) is 29.7 Å². The van der Waals surface area contributed by atoms with E-state index in [4.69, 9.17) is 21.1 Å². The van der Waals surface area contributed by atoms with E-state index in [1.807, 2.05) is 24.3 Å². The second kappa shape index (κ2) is 7.79. The standard InChI is InChI=1S/C20H22ClNO3/c1-22(12-16-11-17(21)7-10-19(16)24-2)20(23)15-5-8-18(9-6-15)25-13-14-3-4-14/h5-11,14H,3-4,12-13H2,1-2H3. The van der Waals surface area contributed by atoms with E-state index >= 15 is 0 Å². The third-order valence-electron chi connectivity index (χ3n) is 4.28. The number of halogens is 1. The van der Waals surface area contributed by atoms with Crippen molar-refractivity contribution in [3.8, 4) is 11.5 Å². The molecule has 0 radical (unpaired) electrons. The zero-order chi connectivity index (χ0) is 17.8. The van der Waals surface area contributed by atoms with Gasteiger partial charge in [0.2, 0.25) is 0 Å². The zero-order valence-electron chi connectivity index (χ0n) is 14.5. The molecule has 2 aromatic rings. The van der Waals surface area contributed by atoms with E-state index in [1.165, 1.54) is 12.8 Å². The minimum atomic E-state index is -0.0595. The molecule has 1 saturated carbocycles. The van der Waals surface area contributed by atoms with Crippen LogP contribution in [0.3, 0.4) is 0 Å². The molecule has 0 bridgehead atoms. The predicted octanol–water partition coefficient (Wildman–Crippen LogP) is 4.41. The summed E-state index contributed by atoms with van der Waals surface area (Å²) in [7, 11) is 3.37. The fourth-order valence-electron chi connectivity index (χ4n) is 2.61. The Bertz CT molecular complexity index is 741. The maximum Gasteiger partial charge on any atom is 0.253 e. The molecule has 0 atom stereocenters. The first kappa shape index (κ1) is 17.6. The second-order valence-electron chi connectivity index (χ2n) is 6.40. The largest absolute Gasteiger partial charge is 0.496 e. The SMILES string of the molecule is COc1ccc(Cl)cc1CN(C)C(=O)c1ccc(OCC2CC2)cc1. The summed E-state index contributed by atoms with van der Waals surface area (Å²) in [5.41, 5.74) is 1.50. The Morgan fingerprint density at radius 2 is 1.92 bits per heavy atom. The van der Waals surface area contributed by atoms with Crippen LogP contribution in [0.25, 0.3) is 0 Å². The van der Waals surface area contributed by atoms with E-state index < -0.39 is 0 Å². The Labute approximate surface area is 153 Å². The van der Waals surface area contributed by atoms with Crippen molar-refractivity contribution in [1.82, 2.24) is 4.90 Å². The normalized spacial score (nSPS) is 13.4. The molecule has 0 spiro atoms. The maximum atomic E-state index is 12.6. The molecule has 1 aliphatic rings. The van der Waals surface area contributed by atoms with Gasteiger partial charge in [0.15, 0.2) is 0 Å². The molecule has 0 aliphatic heterocycles. The summed E-state index contributed by atoms with van der Waals surface area (Å²) in [6.45, 7) is 1.18. The highest BCUT2D eigenvalue weighted by atomic mass is 35.5. The van der Waals surface area contributed by atoms with Crippen LogP contribution in [0.2, 0.25) is 5.02 Å². The number of hydrogen-bond acceptors (Lipinski definition) is 3. The number of amides is 1. The number of rotatable bonds is 7. The summed E-state index contributed by atoms with van der Waals surface area (Å²) >= 11 is 6.05. The molecule has 4 nitrogen and oxygen atoms in total. The quantitative estimate of drug-likeness (QED) is 0.735. The van der Waals surface area contributed by atoms with Crippen LogP contribution in [0, 0.1) is 5.92 Å². The van der Waals surface area contributed by atoms with Crippen molar-refractivity contribution < 1.29 is 14.3 Å². The maximum absolute atomic E-state index is 12.6. The summed E-state index contributed by atoms with van der Waals surface area (Å²) in [5.74, 6) is 2.17. The smallest absolute Gasteiger partial charge is 0.253 e. The molecule has 0 aromatic heterocycles. The Hall–Kier alpha value is -2.20. The molecule has 0 N–H and O–H groups in total. The number of benzene rings is 2. The molecule has 132 valence electrons. The highest BCUT2D eigenvalue weighted by Gasteiger charge is 2.22. The number of hydrogen-bond donors (Lipinski definition) is 0. The molecule has 5 heteroatoms. The van der Waals surface area contributed by atoms with Crippen molar-refractivity contribution in [1.29, 1.82) is 0 Å². The van der Waals surface area contributed by atoms with E-state index in [0.29, 0.717) is 28.8 Å². The van der Waals surface area contributed by atoms with Gasteiger partial charge in [-0.2, -0.15) is 0 Å². The lowest BCUT2D eigenvalue weighted by Gasteiger charge is -2.19. The summed E-state index contributed by atoms with van der Waals surface area (Å²) in [4.78, 5) is 14.3. The zero-order valence-corrected chi connectivity index (χ0v) is 15.3. The van der Waals surface area contributed by atoms with Gasteiger partial charge in [-0.1, -0.05) is 11.6 Å². The fourth-order valence-corrected chi connectivity index (χ4v) is 2.81. The lowest BCUT2D eigenvalue weighted by Crippen LogP contribution is -2.26. The van der Waals surface area contributed by atoms with Crippen LogP contribution < -0.4 is 9.47 Å². The van der Waals surface area contributed by atoms with Crippen LogP contribution >= 0.6 is 11.6 Å². The highest BCUT2D eigenvalue weighted by Crippen LogP contribution is 2.29. The van der Waals surface area contributed by atoms with E-state index in [2.05, 4.69) is 0 Å². The average molecular weight is 360 g/mol. The van der Waals surface area contributed by atoms with Crippen molar-refractivity contribution >= 4 is 17.5 Å². The van der Waals surface area contributed by atoms with Gasteiger partial charge in [-0.15, -0.1) is 0 Å². The van der Waals surface area contributed by atoms with Gasteiger partial charge in [-0.05, 0) is 61.2 Å². The van der Waals surface area contributed by atoms with Gasteiger partial charge >= 0.3 is 0 Å². The van der Waals surface area contributed by atoms with Crippen molar-refractivity contribution in [2.24, 2.45) is 5.92 Å². The Balaban J connectivity index is 1.64. The lowest BCUT2D eigenvalue weighted by molar-refractivity contribution is 0.0784. The first-order valence-electron chi connectivity index (χ1n) is 8.37. The Morgan fingerprint density at radius 1 is 1.20 bits per heavy atom. The summed E-state index contributed by atoms with van der Waals surface area (Å²) in [6.07, 6.45) is 2.52. The fraction of sp³-hybridized carbons (Fsp3) is 0.350. The van der Waals surface area contributed by atoms with Crippen molar-refractivity contribution in [3.05, 3.63) is 58.6 Å². The molecule has 1 fully saturated rings. The number of carbonyl (C=O) groups is 1. The average Bonchev–Trinajstić information content (AvgIpc) is 3.44. The molecule has 0 heterocycles. The van der Waals surface area contributed by atoms with Gasteiger partial charge < -0.3 is 14.4 Å². The molecule has 0 unspecified atom stereocenters. The number of carbonyl (C=O) groups excluding carboxylic acids is 1.